The Morgan fingerprint density at radius 2 is 1.50 bits per heavy atom. The summed E-state index contributed by atoms with van der Waals surface area (Å²) >= 11 is 0. The predicted molar refractivity (Wildman–Crippen MR) is 132 cm³/mol. The average molecular weight is 437 g/mol. The second-order valence-corrected chi connectivity index (χ2v) is 9.41. The van der Waals surface area contributed by atoms with Crippen molar-refractivity contribution in [3.63, 3.8) is 0 Å². The number of ether oxygens (including phenoxy) is 1. The van der Waals surface area contributed by atoms with Crippen LogP contribution in [0.2, 0.25) is 0 Å². The highest BCUT2D eigenvalue weighted by molar-refractivity contribution is 5.66. The van der Waals surface area contributed by atoms with Gasteiger partial charge in [-0.15, -0.1) is 0 Å². The number of unbranched alkanes of at least 4 members (excludes halogenated alkanes) is 4. The van der Waals surface area contributed by atoms with Crippen LogP contribution in [0.1, 0.15) is 95.5 Å². The molecule has 1 fully saturated rings. The first-order valence-electron chi connectivity index (χ1n) is 12.7. The lowest BCUT2D eigenvalue weighted by molar-refractivity contribution is -0.137. The van der Waals surface area contributed by atoms with Crippen LogP contribution in [-0.2, 0) is 4.79 Å². The molecule has 3 nitrogen and oxygen atoms in total. The maximum atomic E-state index is 10.5. The van der Waals surface area contributed by atoms with E-state index in [1.54, 1.807) is 0 Å². The minimum atomic E-state index is -0.722. The van der Waals surface area contributed by atoms with E-state index in [4.69, 9.17) is 9.84 Å². The molecular formula is C29H40O3. The number of aliphatic carboxylic acids is 1. The fourth-order valence-electron chi connectivity index (χ4n) is 4.90. The molecule has 3 rings (SSSR count). The quantitative estimate of drug-likeness (QED) is 0.322. The van der Waals surface area contributed by atoms with Gasteiger partial charge in [-0.05, 0) is 85.6 Å². The van der Waals surface area contributed by atoms with Crippen molar-refractivity contribution in [3.8, 4) is 16.9 Å². The largest absolute Gasteiger partial charge is 0.494 e. The maximum Gasteiger partial charge on any atom is 0.303 e. The summed E-state index contributed by atoms with van der Waals surface area (Å²) < 4.78 is 5.79. The minimum Gasteiger partial charge on any atom is -0.494 e. The van der Waals surface area contributed by atoms with E-state index < -0.39 is 5.97 Å². The average Bonchev–Trinajstić information content (AvgIpc) is 2.82. The molecule has 0 aromatic heterocycles. The zero-order valence-electron chi connectivity index (χ0n) is 19.7. The summed E-state index contributed by atoms with van der Waals surface area (Å²) in [5, 5.41) is 8.66. The number of carbonyl (C=O) groups is 1. The summed E-state index contributed by atoms with van der Waals surface area (Å²) in [5.41, 5.74) is 3.97. The van der Waals surface area contributed by atoms with E-state index in [2.05, 4.69) is 43.3 Å². The SMILES string of the molecule is CCCCCC1CCC(c2ccc(-c3ccc(OCCCCCC(=O)O)cc3)cc2)CC1. The van der Waals surface area contributed by atoms with Crippen molar-refractivity contribution in [2.75, 3.05) is 6.61 Å². The highest BCUT2D eigenvalue weighted by atomic mass is 16.5. The fourth-order valence-corrected chi connectivity index (χ4v) is 4.90. The van der Waals surface area contributed by atoms with Crippen LogP contribution in [0, 0.1) is 5.92 Å². The van der Waals surface area contributed by atoms with Crippen molar-refractivity contribution in [1.29, 1.82) is 0 Å². The monoisotopic (exact) mass is 436 g/mol. The normalized spacial score (nSPS) is 18.4. The molecule has 0 atom stereocenters. The van der Waals surface area contributed by atoms with Crippen LogP contribution >= 0.6 is 0 Å². The molecule has 1 N–H and O–H groups in total. The molecule has 1 aliphatic rings. The third-order valence-electron chi connectivity index (χ3n) is 6.94. The van der Waals surface area contributed by atoms with Gasteiger partial charge in [0.05, 0.1) is 6.61 Å². The van der Waals surface area contributed by atoms with Crippen molar-refractivity contribution in [1.82, 2.24) is 0 Å². The lowest BCUT2D eigenvalue weighted by Gasteiger charge is -2.29. The second kappa shape index (κ2) is 13.3. The van der Waals surface area contributed by atoms with Crippen LogP contribution in [-0.4, -0.2) is 17.7 Å². The predicted octanol–water partition coefficient (Wildman–Crippen LogP) is 8.23. The molecule has 0 spiro atoms. The van der Waals surface area contributed by atoms with Gasteiger partial charge in [-0.25, -0.2) is 0 Å². The van der Waals surface area contributed by atoms with E-state index >= 15 is 0 Å². The van der Waals surface area contributed by atoms with Crippen molar-refractivity contribution >= 4 is 5.97 Å². The van der Waals surface area contributed by atoms with E-state index in [1.807, 2.05) is 12.1 Å². The van der Waals surface area contributed by atoms with Gasteiger partial charge in [0.1, 0.15) is 5.75 Å². The summed E-state index contributed by atoms with van der Waals surface area (Å²) in [5.74, 6) is 1.85. The van der Waals surface area contributed by atoms with Crippen molar-refractivity contribution in [3.05, 3.63) is 54.1 Å². The molecule has 0 radical (unpaired) electrons. The molecule has 174 valence electrons. The van der Waals surface area contributed by atoms with Crippen molar-refractivity contribution < 1.29 is 14.6 Å². The Labute approximate surface area is 194 Å². The Hall–Kier alpha value is -2.29. The minimum absolute atomic E-state index is 0.244. The molecule has 2 aromatic rings. The first-order valence-corrected chi connectivity index (χ1v) is 12.7. The van der Waals surface area contributed by atoms with Gasteiger partial charge in [-0.3, -0.25) is 4.79 Å². The Bertz CT molecular complexity index is 786. The van der Waals surface area contributed by atoms with Crippen molar-refractivity contribution in [2.45, 2.75) is 89.9 Å². The molecule has 0 aliphatic heterocycles. The van der Waals surface area contributed by atoms with E-state index in [-0.39, 0.29) is 6.42 Å². The molecule has 0 amide bonds. The summed E-state index contributed by atoms with van der Waals surface area (Å²) in [6.45, 7) is 2.92. The van der Waals surface area contributed by atoms with Crippen LogP contribution in [0.25, 0.3) is 11.1 Å². The molecule has 0 saturated heterocycles. The third-order valence-corrected chi connectivity index (χ3v) is 6.94. The zero-order chi connectivity index (χ0) is 22.6. The fraction of sp³-hybridized carbons (Fsp3) is 0.552. The summed E-state index contributed by atoms with van der Waals surface area (Å²) in [6, 6.07) is 17.5. The first kappa shape index (κ1) is 24.4. The lowest BCUT2D eigenvalue weighted by Crippen LogP contribution is -2.13. The number of hydrogen-bond donors (Lipinski definition) is 1. The number of carboxylic acids is 1. The van der Waals surface area contributed by atoms with Gasteiger partial charge in [0, 0.05) is 6.42 Å². The van der Waals surface area contributed by atoms with E-state index in [9.17, 15) is 4.79 Å². The van der Waals surface area contributed by atoms with Crippen LogP contribution in [0.5, 0.6) is 5.75 Å². The Balaban J connectivity index is 1.42. The van der Waals surface area contributed by atoms with Gasteiger partial charge in [0.25, 0.3) is 0 Å². The van der Waals surface area contributed by atoms with Gasteiger partial charge >= 0.3 is 5.97 Å². The highest BCUT2D eigenvalue weighted by Crippen LogP contribution is 2.38. The van der Waals surface area contributed by atoms with E-state index in [0.717, 1.165) is 30.4 Å². The highest BCUT2D eigenvalue weighted by Gasteiger charge is 2.22. The Morgan fingerprint density at radius 3 is 2.12 bits per heavy atom. The van der Waals surface area contributed by atoms with Gasteiger partial charge in [-0.1, -0.05) is 69.0 Å². The van der Waals surface area contributed by atoms with Crippen LogP contribution in [0.4, 0.5) is 0 Å². The van der Waals surface area contributed by atoms with Crippen LogP contribution < -0.4 is 4.74 Å². The molecule has 32 heavy (non-hydrogen) atoms. The number of rotatable bonds is 13. The van der Waals surface area contributed by atoms with Gasteiger partial charge in [0.15, 0.2) is 0 Å². The first-order chi connectivity index (χ1) is 15.7. The van der Waals surface area contributed by atoms with Crippen molar-refractivity contribution in [2.24, 2.45) is 5.92 Å². The van der Waals surface area contributed by atoms with E-state index in [1.165, 1.54) is 68.1 Å². The van der Waals surface area contributed by atoms with Crippen LogP contribution in [0.3, 0.4) is 0 Å². The molecule has 1 saturated carbocycles. The van der Waals surface area contributed by atoms with Gasteiger partial charge < -0.3 is 9.84 Å². The molecule has 0 heterocycles. The summed E-state index contributed by atoms with van der Waals surface area (Å²) in [7, 11) is 0. The second-order valence-electron chi connectivity index (χ2n) is 9.41. The molecular weight excluding hydrogens is 396 g/mol. The molecule has 3 heteroatoms. The zero-order valence-corrected chi connectivity index (χ0v) is 19.7. The molecule has 1 aliphatic carbocycles. The Morgan fingerprint density at radius 1 is 0.844 bits per heavy atom. The number of carboxylic acid groups (broad SMARTS) is 1. The summed E-state index contributed by atoms with van der Waals surface area (Å²) in [6.07, 6.45) is 13.8. The van der Waals surface area contributed by atoms with Gasteiger partial charge in [0.2, 0.25) is 0 Å². The smallest absolute Gasteiger partial charge is 0.303 e. The van der Waals surface area contributed by atoms with Crippen LogP contribution in [0.15, 0.2) is 48.5 Å². The number of benzene rings is 2. The number of hydrogen-bond acceptors (Lipinski definition) is 2. The standard InChI is InChI=1S/C29H40O3/c1-2-3-5-8-23-10-12-24(13-11-23)25-14-16-26(17-15-25)27-18-20-28(21-19-27)32-22-7-4-6-9-29(30)31/h14-21,23-24H,2-13,22H2,1H3,(H,30,31). The molecule has 0 bridgehead atoms. The lowest BCUT2D eigenvalue weighted by atomic mass is 9.77. The summed E-state index contributed by atoms with van der Waals surface area (Å²) in [4.78, 5) is 10.5. The van der Waals surface area contributed by atoms with Gasteiger partial charge in [-0.2, -0.15) is 0 Å². The third kappa shape index (κ3) is 8.00. The molecule has 0 unspecified atom stereocenters. The Kier molecular flexibility index (Phi) is 10.1. The molecule has 2 aromatic carbocycles. The van der Waals surface area contributed by atoms with E-state index in [0.29, 0.717) is 13.0 Å². The maximum absolute atomic E-state index is 10.5. The topological polar surface area (TPSA) is 46.5 Å².